The van der Waals surface area contributed by atoms with Crippen molar-refractivity contribution < 1.29 is 14.3 Å². The molecule has 25 heavy (non-hydrogen) atoms. The summed E-state index contributed by atoms with van der Waals surface area (Å²) in [4.78, 5) is 18.3. The highest BCUT2D eigenvalue weighted by atomic mass is 19.1. The third kappa shape index (κ3) is 4.89. The Morgan fingerprint density at radius 2 is 2.28 bits per heavy atom. The van der Waals surface area contributed by atoms with E-state index in [1.54, 1.807) is 18.6 Å². The maximum absolute atomic E-state index is 13.3. The summed E-state index contributed by atoms with van der Waals surface area (Å²) in [6.45, 7) is 1.89. The third-order valence-electron chi connectivity index (χ3n) is 4.80. The van der Waals surface area contributed by atoms with Crippen LogP contribution < -0.4 is 0 Å². The molecular weight excluding hydrogens is 321 g/mol. The molecule has 1 amide bonds. The van der Waals surface area contributed by atoms with Crippen LogP contribution in [0.2, 0.25) is 0 Å². The summed E-state index contributed by atoms with van der Waals surface area (Å²) in [7, 11) is 0. The number of benzene rings is 1. The number of imidazole rings is 1. The summed E-state index contributed by atoms with van der Waals surface area (Å²) in [5.41, 5.74) is 0.860. The summed E-state index contributed by atoms with van der Waals surface area (Å²) in [5, 5.41) is 10.3. The molecule has 1 aliphatic heterocycles. The number of halogens is 1. The molecule has 1 saturated heterocycles. The summed E-state index contributed by atoms with van der Waals surface area (Å²) in [6, 6.07) is 6.45. The molecule has 6 heteroatoms. The minimum Gasteiger partial charge on any atom is -0.393 e. The summed E-state index contributed by atoms with van der Waals surface area (Å²) in [5.74, 6) is -0.195. The summed E-state index contributed by atoms with van der Waals surface area (Å²) >= 11 is 0. The van der Waals surface area contributed by atoms with Gasteiger partial charge in [0.1, 0.15) is 5.82 Å². The van der Waals surface area contributed by atoms with E-state index in [0.717, 1.165) is 18.5 Å². The van der Waals surface area contributed by atoms with Crippen molar-refractivity contribution in [3.8, 4) is 0 Å². The SMILES string of the molecule is O=C(CCCn1ccnc1)N1CC[C@H](O)[C@H](Cc2cccc(F)c2)C1. The molecule has 1 N–H and O–H groups in total. The minimum absolute atomic E-state index is 0.0480. The van der Waals surface area contributed by atoms with Gasteiger partial charge in [0.15, 0.2) is 0 Å². The number of amides is 1. The van der Waals surface area contributed by atoms with Gasteiger partial charge in [-0.2, -0.15) is 0 Å². The first kappa shape index (κ1) is 17.6. The van der Waals surface area contributed by atoms with Crippen molar-refractivity contribution in [2.24, 2.45) is 5.92 Å². The number of hydrogen-bond donors (Lipinski definition) is 1. The van der Waals surface area contributed by atoms with Crippen molar-refractivity contribution in [1.82, 2.24) is 14.5 Å². The molecule has 3 rings (SSSR count). The number of likely N-dealkylation sites (tertiary alicyclic amines) is 1. The Morgan fingerprint density at radius 1 is 1.40 bits per heavy atom. The second kappa shape index (κ2) is 8.25. The quantitative estimate of drug-likeness (QED) is 0.874. The number of rotatable bonds is 6. The van der Waals surface area contributed by atoms with E-state index in [0.29, 0.717) is 32.4 Å². The first-order valence-corrected chi connectivity index (χ1v) is 8.78. The number of carbonyl (C=O) groups excluding carboxylic acids is 1. The smallest absolute Gasteiger partial charge is 0.222 e. The van der Waals surface area contributed by atoms with Crippen LogP contribution in [0.4, 0.5) is 4.39 Å². The number of carbonyl (C=O) groups is 1. The Hall–Kier alpha value is -2.21. The zero-order valence-corrected chi connectivity index (χ0v) is 14.2. The Bertz CT molecular complexity index is 690. The van der Waals surface area contributed by atoms with E-state index in [-0.39, 0.29) is 17.6 Å². The molecule has 2 heterocycles. The Morgan fingerprint density at radius 3 is 3.04 bits per heavy atom. The first-order chi connectivity index (χ1) is 12.1. The van der Waals surface area contributed by atoms with Crippen LogP contribution >= 0.6 is 0 Å². The number of piperidine rings is 1. The molecule has 0 aliphatic carbocycles. The molecule has 0 unspecified atom stereocenters. The van der Waals surface area contributed by atoms with Crippen molar-refractivity contribution in [2.75, 3.05) is 13.1 Å². The summed E-state index contributed by atoms with van der Waals surface area (Å²) in [6.07, 6.45) is 7.32. The number of aryl methyl sites for hydroxylation is 1. The fourth-order valence-electron chi connectivity index (χ4n) is 3.40. The zero-order chi connectivity index (χ0) is 17.6. The van der Waals surface area contributed by atoms with Gasteiger partial charge in [0.2, 0.25) is 5.91 Å². The van der Waals surface area contributed by atoms with Gasteiger partial charge in [0, 0.05) is 44.4 Å². The van der Waals surface area contributed by atoms with Crippen LogP contribution in [0, 0.1) is 11.7 Å². The van der Waals surface area contributed by atoms with Crippen LogP contribution in [0.15, 0.2) is 43.0 Å². The molecule has 0 bridgehead atoms. The van der Waals surface area contributed by atoms with Gasteiger partial charge in [-0.3, -0.25) is 4.79 Å². The average Bonchev–Trinajstić information content (AvgIpc) is 3.10. The first-order valence-electron chi connectivity index (χ1n) is 8.78. The number of aliphatic hydroxyl groups excluding tert-OH is 1. The lowest BCUT2D eigenvalue weighted by Crippen LogP contribution is -2.46. The number of aromatic nitrogens is 2. The van der Waals surface area contributed by atoms with Gasteiger partial charge in [-0.1, -0.05) is 12.1 Å². The fraction of sp³-hybridized carbons (Fsp3) is 0.474. The van der Waals surface area contributed by atoms with Crippen molar-refractivity contribution >= 4 is 5.91 Å². The molecule has 1 aliphatic rings. The lowest BCUT2D eigenvalue weighted by Gasteiger charge is -2.36. The monoisotopic (exact) mass is 345 g/mol. The van der Waals surface area contributed by atoms with Crippen molar-refractivity contribution in [2.45, 2.75) is 38.3 Å². The highest BCUT2D eigenvalue weighted by Gasteiger charge is 2.30. The standard InChI is InChI=1S/C19H24FN3O2/c20-17-4-1-3-15(12-17)11-16-13-23(9-6-18(16)24)19(25)5-2-8-22-10-7-21-14-22/h1,3-4,7,10,12,14,16,18,24H,2,5-6,8-9,11,13H2/t16-,18+/m1/s1. The van der Waals surface area contributed by atoms with Crippen molar-refractivity contribution in [3.05, 3.63) is 54.4 Å². The largest absolute Gasteiger partial charge is 0.393 e. The molecule has 0 radical (unpaired) electrons. The van der Waals surface area contributed by atoms with Crippen molar-refractivity contribution in [1.29, 1.82) is 0 Å². The molecule has 1 aromatic carbocycles. The molecule has 2 aromatic rings. The lowest BCUT2D eigenvalue weighted by molar-refractivity contribution is -0.135. The van der Waals surface area contributed by atoms with Gasteiger partial charge in [-0.15, -0.1) is 0 Å². The lowest BCUT2D eigenvalue weighted by atomic mass is 9.88. The van der Waals surface area contributed by atoms with E-state index in [9.17, 15) is 14.3 Å². The van der Waals surface area contributed by atoms with Crippen LogP contribution in [-0.2, 0) is 17.8 Å². The van der Waals surface area contributed by atoms with Gasteiger partial charge in [0.05, 0.1) is 12.4 Å². The Balaban J connectivity index is 1.51. The number of aliphatic hydroxyl groups is 1. The van der Waals surface area contributed by atoms with Crippen LogP contribution in [0.5, 0.6) is 0 Å². The van der Waals surface area contributed by atoms with Crippen LogP contribution in [0.3, 0.4) is 0 Å². The molecule has 134 valence electrons. The fourth-order valence-corrected chi connectivity index (χ4v) is 3.40. The second-order valence-electron chi connectivity index (χ2n) is 6.69. The van der Waals surface area contributed by atoms with E-state index >= 15 is 0 Å². The van der Waals surface area contributed by atoms with Gasteiger partial charge < -0.3 is 14.6 Å². The molecule has 1 fully saturated rings. The molecule has 1 aromatic heterocycles. The van der Waals surface area contributed by atoms with E-state index in [1.807, 2.05) is 21.7 Å². The van der Waals surface area contributed by atoms with Gasteiger partial charge >= 0.3 is 0 Å². The molecule has 2 atom stereocenters. The van der Waals surface area contributed by atoms with E-state index in [2.05, 4.69) is 4.98 Å². The number of hydrogen-bond acceptors (Lipinski definition) is 3. The molecule has 5 nitrogen and oxygen atoms in total. The molecule has 0 spiro atoms. The highest BCUT2D eigenvalue weighted by molar-refractivity contribution is 5.76. The predicted molar refractivity (Wildman–Crippen MR) is 92.3 cm³/mol. The predicted octanol–water partition coefficient (Wildman–Crippen LogP) is 2.25. The van der Waals surface area contributed by atoms with E-state index in [1.165, 1.54) is 12.1 Å². The molecule has 0 saturated carbocycles. The normalized spacial score (nSPS) is 20.6. The third-order valence-corrected chi connectivity index (χ3v) is 4.80. The second-order valence-corrected chi connectivity index (χ2v) is 6.69. The minimum atomic E-state index is -0.446. The van der Waals surface area contributed by atoms with E-state index < -0.39 is 6.10 Å². The summed E-state index contributed by atoms with van der Waals surface area (Å²) < 4.78 is 15.3. The van der Waals surface area contributed by atoms with Crippen molar-refractivity contribution in [3.63, 3.8) is 0 Å². The van der Waals surface area contributed by atoms with Crippen LogP contribution in [-0.4, -0.2) is 44.7 Å². The Kier molecular flexibility index (Phi) is 5.81. The number of nitrogens with zero attached hydrogens (tertiary/aromatic N) is 3. The highest BCUT2D eigenvalue weighted by Crippen LogP contribution is 2.22. The van der Waals surface area contributed by atoms with Crippen LogP contribution in [0.25, 0.3) is 0 Å². The maximum Gasteiger partial charge on any atom is 0.222 e. The van der Waals surface area contributed by atoms with Gasteiger partial charge in [0.25, 0.3) is 0 Å². The Labute approximate surface area is 147 Å². The maximum atomic E-state index is 13.3. The van der Waals surface area contributed by atoms with Crippen LogP contribution in [0.1, 0.15) is 24.8 Å². The van der Waals surface area contributed by atoms with Gasteiger partial charge in [-0.05, 0) is 37.0 Å². The van der Waals surface area contributed by atoms with Gasteiger partial charge in [-0.25, -0.2) is 9.37 Å². The zero-order valence-electron chi connectivity index (χ0n) is 14.2. The van der Waals surface area contributed by atoms with E-state index in [4.69, 9.17) is 0 Å². The topological polar surface area (TPSA) is 58.4 Å². The average molecular weight is 345 g/mol. The molecular formula is C19H24FN3O2.